The SMILES string of the molecule is CCO.Cc1ccc(C(=O)Oc2ccc(C(OS(C)(=O)=O)C(N)C(C)(C)C)cc2O)cc1. The third kappa shape index (κ3) is 8.58. The summed E-state index contributed by atoms with van der Waals surface area (Å²) in [6.45, 7) is 9.40. The summed E-state index contributed by atoms with van der Waals surface area (Å²) in [6, 6.07) is 10.3. The van der Waals surface area contributed by atoms with Crippen molar-refractivity contribution in [2.75, 3.05) is 12.9 Å². The van der Waals surface area contributed by atoms with Gasteiger partial charge in [0, 0.05) is 12.6 Å². The van der Waals surface area contributed by atoms with Crippen LogP contribution in [0, 0.1) is 12.3 Å². The molecule has 0 aliphatic heterocycles. The number of nitrogens with two attached hydrogens (primary N) is 1. The molecule has 0 bridgehead atoms. The third-order valence-electron chi connectivity index (χ3n) is 4.41. The van der Waals surface area contributed by atoms with Crippen molar-refractivity contribution in [1.29, 1.82) is 0 Å². The Morgan fingerprint density at radius 3 is 2.09 bits per heavy atom. The minimum Gasteiger partial charge on any atom is -0.504 e. The van der Waals surface area contributed by atoms with Crippen LogP contribution < -0.4 is 10.5 Å². The van der Waals surface area contributed by atoms with Crippen LogP contribution in [-0.4, -0.2) is 43.5 Å². The van der Waals surface area contributed by atoms with Gasteiger partial charge in [-0.25, -0.2) is 4.79 Å². The fraction of sp³-hybridized carbons (Fsp3) is 0.435. The quantitative estimate of drug-likeness (QED) is 0.334. The molecule has 2 unspecified atom stereocenters. The van der Waals surface area contributed by atoms with Crippen LogP contribution >= 0.6 is 0 Å². The smallest absolute Gasteiger partial charge is 0.343 e. The molecule has 0 aromatic heterocycles. The van der Waals surface area contributed by atoms with E-state index >= 15 is 0 Å². The van der Waals surface area contributed by atoms with Gasteiger partial charge in [-0.2, -0.15) is 8.42 Å². The molecule has 2 aromatic carbocycles. The molecule has 0 radical (unpaired) electrons. The maximum Gasteiger partial charge on any atom is 0.343 e. The monoisotopic (exact) mass is 467 g/mol. The van der Waals surface area contributed by atoms with E-state index in [9.17, 15) is 18.3 Å². The van der Waals surface area contributed by atoms with Crippen LogP contribution in [-0.2, 0) is 14.3 Å². The number of benzene rings is 2. The van der Waals surface area contributed by atoms with Gasteiger partial charge in [-0.1, -0.05) is 44.5 Å². The summed E-state index contributed by atoms with van der Waals surface area (Å²) in [7, 11) is -3.81. The molecule has 9 heteroatoms. The lowest BCUT2D eigenvalue weighted by molar-refractivity contribution is 0.0729. The molecule has 178 valence electrons. The topological polar surface area (TPSA) is 136 Å². The van der Waals surface area contributed by atoms with E-state index in [1.807, 2.05) is 27.7 Å². The van der Waals surface area contributed by atoms with E-state index in [1.165, 1.54) is 18.2 Å². The number of aliphatic hydroxyl groups is 1. The predicted octanol–water partition coefficient (Wildman–Crippen LogP) is 3.31. The molecular weight excluding hydrogens is 434 g/mol. The predicted molar refractivity (Wildman–Crippen MR) is 123 cm³/mol. The molecule has 0 fully saturated rings. The number of esters is 1. The Balaban J connectivity index is 0.00000161. The average molecular weight is 468 g/mol. The Hall–Kier alpha value is -2.46. The van der Waals surface area contributed by atoms with Crippen LogP contribution in [0.5, 0.6) is 11.5 Å². The summed E-state index contributed by atoms with van der Waals surface area (Å²) in [5.41, 5.74) is 7.46. The Kier molecular flexibility index (Phi) is 9.84. The lowest BCUT2D eigenvalue weighted by Gasteiger charge is -2.33. The van der Waals surface area contributed by atoms with Gasteiger partial charge in [-0.15, -0.1) is 0 Å². The number of aliphatic hydroxyl groups excluding tert-OH is 1. The zero-order valence-electron chi connectivity index (χ0n) is 19.3. The number of aromatic hydroxyl groups is 1. The van der Waals surface area contributed by atoms with Crippen molar-refractivity contribution in [3.05, 3.63) is 59.2 Å². The largest absolute Gasteiger partial charge is 0.504 e. The fourth-order valence-corrected chi connectivity index (χ4v) is 3.22. The van der Waals surface area contributed by atoms with Gasteiger partial charge in [0.2, 0.25) is 0 Å². The molecular formula is C23H33NO7S. The van der Waals surface area contributed by atoms with E-state index in [-0.39, 0.29) is 18.1 Å². The van der Waals surface area contributed by atoms with Gasteiger partial charge in [0.15, 0.2) is 11.5 Å². The first-order chi connectivity index (χ1) is 14.7. The molecule has 0 aliphatic carbocycles. The van der Waals surface area contributed by atoms with Crippen LogP contribution in [0.1, 0.15) is 55.3 Å². The van der Waals surface area contributed by atoms with E-state index in [1.54, 1.807) is 31.2 Å². The summed E-state index contributed by atoms with van der Waals surface area (Å²) < 4.78 is 33.9. The first-order valence-corrected chi connectivity index (χ1v) is 11.9. The van der Waals surface area contributed by atoms with Crippen LogP contribution in [0.2, 0.25) is 0 Å². The van der Waals surface area contributed by atoms with Crippen molar-refractivity contribution in [3.8, 4) is 11.5 Å². The van der Waals surface area contributed by atoms with E-state index in [2.05, 4.69) is 0 Å². The van der Waals surface area contributed by atoms with Crippen molar-refractivity contribution < 1.29 is 32.3 Å². The normalized spacial score (nSPS) is 13.5. The molecule has 0 saturated carbocycles. The molecule has 0 spiro atoms. The molecule has 4 N–H and O–H groups in total. The highest BCUT2D eigenvalue weighted by Gasteiger charge is 2.34. The minimum absolute atomic E-state index is 0.0539. The number of phenolic OH excluding ortho intramolecular Hbond substituents is 1. The summed E-state index contributed by atoms with van der Waals surface area (Å²) in [6.07, 6.45) is -0.0785. The zero-order chi connectivity index (χ0) is 24.7. The van der Waals surface area contributed by atoms with Crippen molar-refractivity contribution in [1.82, 2.24) is 0 Å². The van der Waals surface area contributed by atoms with Crippen molar-refractivity contribution in [2.24, 2.45) is 11.1 Å². The highest BCUT2D eigenvalue weighted by molar-refractivity contribution is 7.86. The fourth-order valence-electron chi connectivity index (χ4n) is 2.61. The molecule has 2 atom stereocenters. The minimum atomic E-state index is -3.81. The Bertz CT molecular complexity index is 996. The number of ether oxygens (including phenoxy) is 1. The number of carbonyl (C=O) groups excluding carboxylic acids is 1. The molecule has 0 heterocycles. The first-order valence-electron chi connectivity index (χ1n) is 10.1. The van der Waals surface area contributed by atoms with Gasteiger partial charge in [-0.3, -0.25) is 4.18 Å². The Labute approximate surface area is 190 Å². The summed E-state index contributed by atoms with van der Waals surface area (Å²) in [4.78, 5) is 12.3. The van der Waals surface area contributed by atoms with Gasteiger partial charge in [-0.05, 0) is 49.1 Å². The maximum atomic E-state index is 12.3. The first kappa shape index (κ1) is 27.6. The highest BCUT2D eigenvalue weighted by Crippen LogP contribution is 2.36. The molecule has 2 aromatic rings. The van der Waals surface area contributed by atoms with E-state index in [0.29, 0.717) is 11.1 Å². The van der Waals surface area contributed by atoms with Gasteiger partial charge in [0.05, 0.1) is 11.8 Å². The van der Waals surface area contributed by atoms with Gasteiger partial charge >= 0.3 is 5.97 Å². The summed E-state index contributed by atoms with van der Waals surface area (Å²) >= 11 is 0. The van der Waals surface area contributed by atoms with Crippen LogP contribution in [0.4, 0.5) is 0 Å². The zero-order valence-corrected chi connectivity index (χ0v) is 20.1. The van der Waals surface area contributed by atoms with Crippen molar-refractivity contribution in [3.63, 3.8) is 0 Å². The van der Waals surface area contributed by atoms with Crippen LogP contribution in [0.3, 0.4) is 0 Å². The highest BCUT2D eigenvalue weighted by atomic mass is 32.2. The number of aryl methyl sites for hydroxylation is 1. The summed E-state index contributed by atoms with van der Waals surface area (Å²) in [5, 5.41) is 17.9. The second-order valence-corrected chi connectivity index (χ2v) is 10.0. The molecule has 0 saturated heterocycles. The van der Waals surface area contributed by atoms with E-state index < -0.39 is 33.6 Å². The van der Waals surface area contributed by atoms with Gasteiger partial charge in [0.25, 0.3) is 10.1 Å². The van der Waals surface area contributed by atoms with Crippen molar-refractivity contribution >= 4 is 16.1 Å². The number of phenols is 1. The summed E-state index contributed by atoms with van der Waals surface area (Å²) in [5.74, 6) is -1.00. The lowest BCUT2D eigenvalue weighted by Crippen LogP contribution is -2.42. The standard InChI is InChI=1S/C21H27NO6S.C2H6O/c1-13-6-8-14(9-7-13)20(24)27-17-11-10-15(12-16(17)23)18(28-29(5,25)26)19(22)21(2,3)4;1-2-3/h6-12,18-19,23H,22H2,1-5H3;3H,2H2,1H3. The number of hydrogen-bond acceptors (Lipinski definition) is 8. The molecule has 0 amide bonds. The van der Waals surface area contributed by atoms with Crippen LogP contribution in [0.25, 0.3) is 0 Å². The van der Waals surface area contributed by atoms with E-state index in [4.69, 9.17) is 19.8 Å². The third-order valence-corrected chi connectivity index (χ3v) is 4.96. The molecule has 0 aliphatic rings. The lowest BCUT2D eigenvalue weighted by atomic mass is 9.82. The number of hydrogen-bond donors (Lipinski definition) is 3. The van der Waals surface area contributed by atoms with Gasteiger partial charge in [0.1, 0.15) is 6.10 Å². The van der Waals surface area contributed by atoms with E-state index in [0.717, 1.165) is 11.8 Å². The van der Waals surface area contributed by atoms with Gasteiger partial charge < -0.3 is 20.7 Å². The Morgan fingerprint density at radius 2 is 1.66 bits per heavy atom. The number of carbonyl (C=O) groups is 1. The number of rotatable bonds is 6. The average Bonchev–Trinajstić information content (AvgIpc) is 2.67. The second kappa shape index (κ2) is 11.4. The van der Waals surface area contributed by atoms with Crippen molar-refractivity contribution in [2.45, 2.75) is 46.8 Å². The Morgan fingerprint density at radius 1 is 1.12 bits per heavy atom. The molecule has 8 nitrogen and oxygen atoms in total. The molecule has 2 rings (SSSR count). The maximum absolute atomic E-state index is 12.3. The second-order valence-electron chi connectivity index (χ2n) is 8.41. The molecule has 32 heavy (non-hydrogen) atoms. The van der Waals surface area contributed by atoms with Crippen LogP contribution in [0.15, 0.2) is 42.5 Å².